The zero-order chi connectivity index (χ0) is 13.8. The molecule has 2 rings (SSSR count). The minimum Gasteiger partial charge on any atom is -0.511 e. The van der Waals surface area contributed by atoms with Gasteiger partial charge in [0.25, 0.3) is 0 Å². The van der Waals surface area contributed by atoms with Crippen LogP contribution in [0.4, 0.5) is 0 Å². The predicted octanol–water partition coefficient (Wildman–Crippen LogP) is 2.97. The molecule has 0 unspecified atom stereocenters. The van der Waals surface area contributed by atoms with Gasteiger partial charge in [-0.1, -0.05) is 30.3 Å². The first-order chi connectivity index (χ1) is 9.13. The fraction of sp³-hybridized carbons (Fsp3) is 0.333. The van der Waals surface area contributed by atoms with E-state index in [0.29, 0.717) is 12.1 Å². The SMILES string of the molecule is CCOC(=O)C1=C(O)C[C@@H](c2ccccc2)N=C1C. The molecule has 0 amide bonds. The van der Waals surface area contributed by atoms with Crippen LogP contribution >= 0.6 is 0 Å². The van der Waals surface area contributed by atoms with Gasteiger partial charge in [0, 0.05) is 6.42 Å². The van der Waals surface area contributed by atoms with Gasteiger partial charge < -0.3 is 9.84 Å². The fourth-order valence-corrected chi connectivity index (χ4v) is 2.17. The minimum absolute atomic E-state index is 0.0554. The van der Waals surface area contributed by atoms with Crippen molar-refractivity contribution in [1.82, 2.24) is 0 Å². The molecule has 4 nitrogen and oxygen atoms in total. The van der Waals surface area contributed by atoms with Crippen molar-refractivity contribution >= 4 is 11.7 Å². The summed E-state index contributed by atoms with van der Waals surface area (Å²) >= 11 is 0. The highest BCUT2D eigenvalue weighted by molar-refractivity contribution is 6.19. The van der Waals surface area contributed by atoms with Crippen LogP contribution in [0.25, 0.3) is 0 Å². The van der Waals surface area contributed by atoms with Crippen LogP contribution in [0.5, 0.6) is 0 Å². The van der Waals surface area contributed by atoms with Crippen LogP contribution in [0.3, 0.4) is 0 Å². The first kappa shape index (κ1) is 13.3. The average molecular weight is 259 g/mol. The fourth-order valence-electron chi connectivity index (χ4n) is 2.17. The Balaban J connectivity index is 2.26. The largest absolute Gasteiger partial charge is 0.511 e. The van der Waals surface area contributed by atoms with Gasteiger partial charge >= 0.3 is 5.97 Å². The van der Waals surface area contributed by atoms with Crippen molar-refractivity contribution in [3.8, 4) is 0 Å². The van der Waals surface area contributed by atoms with Crippen molar-refractivity contribution in [2.45, 2.75) is 26.3 Å². The monoisotopic (exact) mass is 259 g/mol. The molecule has 19 heavy (non-hydrogen) atoms. The number of carbonyl (C=O) groups is 1. The Bertz CT molecular complexity index is 532. The van der Waals surface area contributed by atoms with E-state index in [4.69, 9.17) is 4.74 Å². The molecule has 1 heterocycles. The molecule has 1 N–H and O–H groups in total. The number of hydrogen-bond donors (Lipinski definition) is 1. The zero-order valence-corrected chi connectivity index (χ0v) is 11.1. The average Bonchev–Trinajstić information content (AvgIpc) is 2.39. The first-order valence-corrected chi connectivity index (χ1v) is 6.32. The second kappa shape index (κ2) is 5.69. The van der Waals surface area contributed by atoms with E-state index in [9.17, 15) is 9.90 Å². The van der Waals surface area contributed by atoms with Gasteiger partial charge in [-0.2, -0.15) is 0 Å². The number of ether oxygens (including phenoxy) is 1. The lowest BCUT2D eigenvalue weighted by atomic mass is 9.96. The molecule has 1 aliphatic heterocycles. The van der Waals surface area contributed by atoms with Crippen molar-refractivity contribution in [3.63, 3.8) is 0 Å². The maximum atomic E-state index is 11.7. The highest BCUT2D eigenvalue weighted by atomic mass is 16.5. The molecule has 0 saturated heterocycles. The number of carbonyl (C=O) groups excluding carboxylic acids is 1. The Hall–Kier alpha value is -2.10. The normalized spacial score (nSPS) is 19.1. The number of aliphatic hydroxyl groups is 1. The Morgan fingerprint density at radius 1 is 1.42 bits per heavy atom. The summed E-state index contributed by atoms with van der Waals surface area (Å²) in [6, 6.07) is 9.58. The highest BCUT2D eigenvalue weighted by Crippen LogP contribution is 2.30. The Kier molecular flexibility index (Phi) is 4.00. The van der Waals surface area contributed by atoms with Crippen molar-refractivity contribution in [1.29, 1.82) is 0 Å². The third-order valence-electron chi connectivity index (χ3n) is 3.05. The minimum atomic E-state index is -0.507. The Labute approximate surface area is 112 Å². The molecule has 0 bridgehead atoms. The highest BCUT2D eigenvalue weighted by Gasteiger charge is 2.27. The summed E-state index contributed by atoms with van der Waals surface area (Å²) in [6.07, 6.45) is 0.329. The summed E-state index contributed by atoms with van der Waals surface area (Å²) in [5.74, 6) is -0.451. The molecule has 1 aliphatic rings. The van der Waals surface area contributed by atoms with Crippen molar-refractivity contribution in [2.75, 3.05) is 6.61 Å². The molecule has 0 saturated carbocycles. The summed E-state index contributed by atoms with van der Waals surface area (Å²) in [5.41, 5.74) is 1.75. The lowest BCUT2D eigenvalue weighted by molar-refractivity contribution is -0.138. The van der Waals surface area contributed by atoms with E-state index in [1.54, 1.807) is 13.8 Å². The topological polar surface area (TPSA) is 58.9 Å². The Morgan fingerprint density at radius 2 is 2.11 bits per heavy atom. The smallest absolute Gasteiger partial charge is 0.343 e. The molecule has 4 heteroatoms. The van der Waals surface area contributed by atoms with Gasteiger partial charge in [0.1, 0.15) is 11.3 Å². The predicted molar refractivity (Wildman–Crippen MR) is 73.2 cm³/mol. The molecule has 0 spiro atoms. The molecule has 1 aromatic rings. The molecule has 100 valence electrons. The van der Waals surface area contributed by atoms with E-state index in [1.165, 1.54) is 0 Å². The quantitative estimate of drug-likeness (QED) is 0.849. The van der Waals surface area contributed by atoms with Crippen LogP contribution in [0.1, 0.15) is 31.9 Å². The number of esters is 1. The van der Waals surface area contributed by atoms with Crippen molar-refractivity contribution in [3.05, 3.63) is 47.2 Å². The van der Waals surface area contributed by atoms with E-state index < -0.39 is 5.97 Å². The molecule has 0 radical (unpaired) electrons. The molecular formula is C15H17NO3. The number of dihydropyridines is 1. The molecule has 0 aromatic heterocycles. The third kappa shape index (κ3) is 2.84. The van der Waals surface area contributed by atoms with E-state index in [2.05, 4.69) is 4.99 Å². The van der Waals surface area contributed by atoms with Crippen LogP contribution in [0.2, 0.25) is 0 Å². The molecule has 0 fully saturated rings. The van der Waals surface area contributed by atoms with Gasteiger partial charge in [-0.3, -0.25) is 4.99 Å². The lowest BCUT2D eigenvalue weighted by Gasteiger charge is -2.21. The zero-order valence-electron chi connectivity index (χ0n) is 11.1. The summed E-state index contributed by atoms with van der Waals surface area (Å²) in [5, 5.41) is 10.1. The van der Waals surface area contributed by atoms with E-state index in [0.717, 1.165) is 5.56 Å². The number of aliphatic imine (C=N–C) groups is 1. The van der Waals surface area contributed by atoms with Gasteiger partial charge in [0.15, 0.2) is 0 Å². The molecule has 1 atom stereocenters. The first-order valence-electron chi connectivity index (χ1n) is 6.32. The van der Waals surface area contributed by atoms with Crippen LogP contribution in [0, 0.1) is 0 Å². The van der Waals surface area contributed by atoms with Crippen LogP contribution in [0.15, 0.2) is 46.7 Å². The van der Waals surface area contributed by atoms with Crippen LogP contribution < -0.4 is 0 Å². The molecular weight excluding hydrogens is 242 g/mol. The van der Waals surface area contributed by atoms with Crippen molar-refractivity contribution in [2.24, 2.45) is 4.99 Å². The lowest BCUT2D eigenvalue weighted by Crippen LogP contribution is -2.21. The van der Waals surface area contributed by atoms with Gasteiger partial charge in [-0.15, -0.1) is 0 Å². The number of benzene rings is 1. The second-order valence-electron chi connectivity index (χ2n) is 4.39. The number of nitrogens with zero attached hydrogens (tertiary/aromatic N) is 1. The Morgan fingerprint density at radius 3 is 2.68 bits per heavy atom. The van der Waals surface area contributed by atoms with E-state index >= 15 is 0 Å². The maximum absolute atomic E-state index is 11.7. The van der Waals surface area contributed by atoms with Gasteiger partial charge in [-0.25, -0.2) is 4.79 Å². The number of rotatable bonds is 3. The second-order valence-corrected chi connectivity index (χ2v) is 4.39. The van der Waals surface area contributed by atoms with Crippen molar-refractivity contribution < 1.29 is 14.6 Å². The van der Waals surface area contributed by atoms with E-state index in [-0.39, 0.29) is 24.0 Å². The summed E-state index contributed by atoms with van der Waals surface area (Å²) in [4.78, 5) is 16.2. The number of aliphatic hydroxyl groups excluding tert-OH is 1. The summed E-state index contributed by atoms with van der Waals surface area (Å²) < 4.78 is 4.93. The standard InChI is InChI=1S/C15H17NO3/c1-3-19-15(18)14-10(2)16-12(9-13(14)17)11-7-5-4-6-8-11/h4-8,12,17H,3,9H2,1-2H3/t12-/m0/s1. The van der Waals surface area contributed by atoms with Crippen LogP contribution in [-0.2, 0) is 9.53 Å². The third-order valence-corrected chi connectivity index (χ3v) is 3.05. The van der Waals surface area contributed by atoms with Crippen LogP contribution in [-0.4, -0.2) is 23.4 Å². The maximum Gasteiger partial charge on any atom is 0.343 e. The molecule has 1 aromatic carbocycles. The van der Waals surface area contributed by atoms with E-state index in [1.807, 2.05) is 30.3 Å². The van der Waals surface area contributed by atoms with Gasteiger partial charge in [0.2, 0.25) is 0 Å². The van der Waals surface area contributed by atoms with Gasteiger partial charge in [0.05, 0.1) is 18.4 Å². The van der Waals surface area contributed by atoms with Gasteiger partial charge in [-0.05, 0) is 19.4 Å². The summed E-state index contributed by atoms with van der Waals surface area (Å²) in [7, 11) is 0. The summed E-state index contributed by atoms with van der Waals surface area (Å²) in [6.45, 7) is 3.74. The number of hydrogen-bond acceptors (Lipinski definition) is 4. The molecule has 0 aliphatic carbocycles.